The van der Waals surface area contributed by atoms with Crippen molar-refractivity contribution >= 4 is 51.5 Å². The summed E-state index contributed by atoms with van der Waals surface area (Å²) >= 11 is 6.63. The van der Waals surface area contributed by atoms with Crippen molar-refractivity contribution in [3.8, 4) is 17.2 Å². The molecule has 1 fully saturated rings. The summed E-state index contributed by atoms with van der Waals surface area (Å²) in [6.07, 6.45) is 1.17. The molecule has 0 bridgehead atoms. The lowest BCUT2D eigenvalue weighted by atomic mass is 10.00. The number of nitriles is 1. The van der Waals surface area contributed by atoms with Gasteiger partial charge in [0.2, 0.25) is 5.91 Å². The lowest BCUT2D eigenvalue weighted by Gasteiger charge is -2.26. The summed E-state index contributed by atoms with van der Waals surface area (Å²) in [5, 5.41) is 23.5. The molecule has 0 radical (unpaired) electrons. The van der Waals surface area contributed by atoms with Gasteiger partial charge in [-0.15, -0.1) is 0 Å². The maximum atomic E-state index is 16.2. The van der Waals surface area contributed by atoms with Gasteiger partial charge in [0.1, 0.15) is 24.5 Å². The zero-order chi connectivity index (χ0) is 29.5. The molecule has 0 saturated heterocycles. The van der Waals surface area contributed by atoms with Gasteiger partial charge < -0.3 is 10.1 Å². The minimum Gasteiger partial charge on any atom is -0.444 e. The van der Waals surface area contributed by atoms with Crippen LogP contribution in [0.5, 0.6) is 0 Å². The second kappa shape index (κ2) is 10.8. The van der Waals surface area contributed by atoms with Gasteiger partial charge in [-0.05, 0) is 36.6 Å². The molecule has 1 saturated carbocycles. The Morgan fingerprint density at radius 1 is 1.31 bits per heavy atom. The number of halogens is 3. The van der Waals surface area contributed by atoms with Gasteiger partial charge in [0.05, 0.1) is 34.2 Å². The van der Waals surface area contributed by atoms with Crippen LogP contribution in [0.3, 0.4) is 0 Å². The fourth-order valence-electron chi connectivity index (χ4n) is 4.76. The fraction of sp³-hybridized carbons (Fsp3) is 0.207. The van der Waals surface area contributed by atoms with Crippen LogP contribution in [0.15, 0.2) is 60.9 Å². The molecule has 2 aromatic carbocycles. The van der Waals surface area contributed by atoms with Crippen LogP contribution in [-0.4, -0.2) is 44.0 Å². The maximum absolute atomic E-state index is 16.2. The Balaban J connectivity index is 1.38. The number of aromatic amines is 1. The summed E-state index contributed by atoms with van der Waals surface area (Å²) < 4.78 is 36.4. The molecule has 3 heterocycles. The molecule has 212 valence electrons. The molecule has 2 N–H and O–H groups in total. The van der Waals surface area contributed by atoms with Crippen LogP contribution in [0.4, 0.5) is 25.1 Å². The second-order valence-corrected chi connectivity index (χ2v) is 10.3. The topological polar surface area (TPSA) is 128 Å². The molecule has 2 amide bonds. The Bertz CT molecular complexity index is 1890. The zero-order valence-corrected chi connectivity index (χ0v) is 22.8. The SMILES string of the molecule is CC(C#N)N(C(=O)OCc1ccccc1)c1c(F)c(Cl)c(-c2ccn3nc(NC(=O)[C@@H]4C[C@@H]4F)cc3c2)c2cn[nH]c12. The van der Waals surface area contributed by atoms with Crippen LogP contribution in [-0.2, 0) is 16.1 Å². The predicted octanol–water partition coefficient (Wildman–Crippen LogP) is 6.02. The highest BCUT2D eigenvalue weighted by molar-refractivity contribution is 6.36. The first-order valence-electron chi connectivity index (χ1n) is 12.9. The number of nitrogens with zero attached hydrogens (tertiary/aromatic N) is 5. The minimum atomic E-state index is -1.14. The van der Waals surface area contributed by atoms with E-state index in [2.05, 4.69) is 20.6 Å². The van der Waals surface area contributed by atoms with Crippen molar-refractivity contribution < 1.29 is 23.1 Å². The number of aromatic nitrogens is 4. The fourth-order valence-corrected chi connectivity index (χ4v) is 5.06. The van der Waals surface area contributed by atoms with E-state index in [1.807, 2.05) is 12.1 Å². The van der Waals surface area contributed by atoms with E-state index in [4.69, 9.17) is 16.3 Å². The standard InChI is InChI=1S/C29H22ClF2N7O3/c1-15(12-33)39(29(41)42-14-16-5-3-2-4-6-16)27-25(32)24(30)23(20-13-34-36-26(20)27)17-7-8-38-18(9-17)10-22(37-38)35-28(40)19-11-21(19)31/h2-10,13,15,19,21H,11,14H2,1H3,(H,34,36)(H,35,37,40)/t15?,19-,21+/m1/s1. The summed E-state index contributed by atoms with van der Waals surface area (Å²) in [5.74, 6) is -1.81. The van der Waals surface area contributed by atoms with Crippen molar-refractivity contribution in [2.24, 2.45) is 5.92 Å². The first kappa shape index (κ1) is 27.2. The normalized spacial score (nSPS) is 16.6. The van der Waals surface area contributed by atoms with Crippen LogP contribution in [0.2, 0.25) is 5.02 Å². The first-order valence-corrected chi connectivity index (χ1v) is 13.3. The monoisotopic (exact) mass is 589 g/mol. The number of benzene rings is 2. The van der Waals surface area contributed by atoms with Gasteiger partial charge in [-0.3, -0.25) is 14.8 Å². The van der Waals surface area contributed by atoms with Gasteiger partial charge in [0, 0.05) is 23.2 Å². The molecule has 10 nitrogen and oxygen atoms in total. The van der Waals surface area contributed by atoms with Gasteiger partial charge in [-0.25, -0.2) is 18.1 Å². The maximum Gasteiger partial charge on any atom is 0.415 e. The summed E-state index contributed by atoms with van der Waals surface area (Å²) in [7, 11) is 0. The van der Waals surface area contributed by atoms with Crippen molar-refractivity contribution in [2.75, 3.05) is 10.2 Å². The molecule has 3 aromatic heterocycles. The molecule has 0 spiro atoms. The summed E-state index contributed by atoms with van der Waals surface area (Å²) in [6.45, 7) is 1.35. The third kappa shape index (κ3) is 4.88. The number of hydrogen-bond donors (Lipinski definition) is 2. The average molecular weight is 590 g/mol. The van der Waals surface area contributed by atoms with Crippen LogP contribution < -0.4 is 10.2 Å². The van der Waals surface area contributed by atoms with E-state index in [0.717, 1.165) is 4.90 Å². The lowest BCUT2D eigenvalue weighted by molar-refractivity contribution is -0.117. The van der Waals surface area contributed by atoms with E-state index in [1.54, 1.807) is 48.7 Å². The van der Waals surface area contributed by atoms with Crippen molar-refractivity contribution in [1.29, 1.82) is 5.26 Å². The highest BCUT2D eigenvalue weighted by Gasteiger charge is 2.43. The number of carbonyl (C=O) groups is 2. The average Bonchev–Trinajstić information content (AvgIpc) is 3.34. The minimum absolute atomic E-state index is 0.0866. The Morgan fingerprint density at radius 2 is 2.07 bits per heavy atom. The number of amides is 2. The van der Waals surface area contributed by atoms with Gasteiger partial charge in [-0.1, -0.05) is 41.9 Å². The number of anilines is 2. The molecule has 1 aliphatic carbocycles. The van der Waals surface area contributed by atoms with Crippen molar-refractivity contribution in [2.45, 2.75) is 32.2 Å². The van der Waals surface area contributed by atoms with Crippen molar-refractivity contribution in [3.63, 3.8) is 0 Å². The number of pyridine rings is 1. The molecule has 42 heavy (non-hydrogen) atoms. The quantitative estimate of drug-likeness (QED) is 0.239. The smallest absolute Gasteiger partial charge is 0.415 e. The number of carbonyl (C=O) groups excluding carboxylic acids is 2. The zero-order valence-electron chi connectivity index (χ0n) is 22.0. The molecule has 3 atom stereocenters. The number of rotatable bonds is 7. The third-order valence-electron chi connectivity index (χ3n) is 7.04. The van der Waals surface area contributed by atoms with E-state index in [0.29, 0.717) is 22.0 Å². The van der Waals surface area contributed by atoms with E-state index < -0.39 is 35.9 Å². The van der Waals surface area contributed by atoms with Crippen LogP contribution in [0.1, 0.15) is 18.9 Å². The summed E-state index contributed by atoms with van der Waals surface area (Å²) in [6, 6.07) is 14.7. The molecular weight excluding hydrogens is 568 g/mol. The van der Waals surface area contributed by atoms with E-state index in [9.17, 15) is 19.2 Å². The molecular formula is C29H22ClF2N7O3. The van der Waals surface area contributed by atoms with Crippen molar-refractivity contribution in [1.82, 2.24) is 19.8 Å². The Morgan fingerprint density at radius 3 is 2.79 bits per heavy atom. The van der Waals surface area contributed by atoms with E-state index >= 15 is 4.39 Å². The third-order valence-corrected chi connectivity index (χ3v) is 7.39. The molecule has 1 unspecified atom stereocenters. The van der Waals surface area contributed by atoms with E-state index in [1.165, 1.54) is 17.6 Å². The van der Waals surface area contributed by atoms with Crippen LogP contribution in [0, 0.1) is 23.1 Å². The van der Waals surface area contributed by atoms with Gasteiger partial charge in [0.15, 0.2) is 11.6 Å². The highest BCUT2D eigenvalue weighted by Crippen LogP contribution is 2.43. The Hall–Kier alpha value is -5.02. The Kier molecular flexibility index (Phi) is 6.96. The molecule has 6 rings (SSSR count). The van der Waals surface area contributed by atoms with Crippen LogP contribution >= 0.6 is 11.6 Å². The molecule has 5 aromatic rings. The largest absolute Gasteiger partial charge is 0.444 e. The number of H-pyrrole nitrogens is 1. The number of alkyl halides is 1. The van der Waals surface area contributed by atoms with Gasteiger partial charge in [0.25, 0.3) is 0 Å². The number of hydrogen-bond acceptors (Lipinski definition) is 6. The second-order valence-electron chi connectivity index (χ2n) is 9.89. The summed E-state index contributed by atoms with van der Waals surface area (Å²) in [5.41, 5.74) is 1.92. The predicted molar refractivity (Wildman–Crippen MR) is 151 cm³/mol. The molecule has 0 aliphatic heterocycles. The highest BCUT2D eigenvalue weighted by atomic mass is 35.5. The lowest BCUT2D eigenvalue weighted by Crippen LogP contribution is -2.39. The number of ether oxygens (including phenoxy) is 1. The summed E-state index contributed by atoms with van der Waals surface area (Å²) in [4.78, 5) is 26.3. The number of nitrogens with one attached hydrogen (secondary N) is 2. The van der Waals surface area contributed by atoms with Crippen molar-refractivity contribution in [3.05, 3.63) is 77.3 Å². The van der Waals surface area contributed by atoms with Gasteiger partial charge in [-0.2, -0.15) is 15.5 Å². The number of fused-ring (bicyclic) bond motifs is 2. The van der Waals surface area contributed by atoms with Gasteiger partial charge >= 0.3 is 6.09 Å². The molecule has 13 heteroatoms. The van der Waals surface area contributed by atoms with Crippen LogP contribution in [0.25, 0.3) is 27.5 Å². The Labute approximate surface area is 242 Å². The first-order chi connectivity index (χ1) is 20.3. The molecule has 1 aliphatic rings. The van der Waals surface area contributed by atoms with E-state index in [-0.39, 0.29) is 40.6 Å².